The molecular weight excluding hydrogens is 178 g/mol. The maximum atomic E-state index is 5.89. The summed E-state index contributed by atoms with van der Waals surface area (Å²) in [4.78, 5) is 0. The highest BCUT2D eigenvalue weighted by atomic mass is 16.5. The van der Waals surface area contributed by atoms with Crippen LogP contribution in [-0.2, 0) is 4.74 Å². The van der Waals surface area contributed by atoms with Gasteiger partial charge in [0.25, 0.3) is 0 Å². The van der Waals surface area contributed by atoms with Crippen molar-refractivity contribution in [2.75, 3.05) is 18.9 Å². The molecule has 0 radical (unpaired) electrons. The molecule has 3 nitrogen and oxygen atoms in total. The Morgan fingerprint density at radius 1 is 1.50 bits per heavy atom. The Hall–Kier alpha value is -1.22. The van der Waals surface area contributed by atoms with Gasteiger partial charge in [-0.1, -0.05) is 12.1 Å². The van der Waals surface area contributed by atoms with E-state index in [0.717, 1.165) is 30.0 Å². The molecule has 2 N–H and O–H groups in total. The fourth-order valence-corrected chi connectivity index (χ4v) is 1.54. The molecule has 0 aliphatic carbocycles. The summed E-state index contributed by atoms with van der Waals surface area (Å²) in [5.41, 5.74) is 7.69. The summed E-state index contributed by atoms with van der Waals surface area (Å²) < 4.78 is 11.0. The van der Waals surface area contributed by atoms with Crippen LogP contribution in [0.3, 0.4) is 0 Å². The summed E-state index contributed by atoms with van der Waals surface area (Å²) in [5.74, 6) is 0.778. The van der Waals surface area contributed by atoms with E-state index in [-0.39, 0.29) is 6.10 Å². The second kappa shape index (κ2) is 3.88. The molecule has 76 valence electrons. The molecule has 0 bridgehead atoms. The molecule has 0 saturated carbocycles. The second-order valence-electron chi connectivity index (χ2n) is 3.59. The average molecular weight is 193 g/mol. The Morgan fingerprint density at radius 3 is 3.07 bits per heavy atom. The van der Waals surface area contributed by atoms with E-state index in [2.05, 4.69) is 0 Å². The molecule has 14 heavy (non-hydrogen) atoms. The second-order valence-corrected chi connectivity index (χ2v) is 3.59. The Morgan fingerprint density at radius 2 is 2.36 bits per heavy atom. The molecule has 1 saturated heterocycles. The minimum Gasteiger partial charge on any atom is -0.486 e. The van der Waals surface area contributed by atoms with Crippen LogP contribution < -0.4 is 10.5 Å². The summed E-state index contributed by atoms with van der Waals surface area (Å²) in [6.07, 6.45) is 1.12. The van der Waals surface area contributed by atoms with Gasteiger partial charge in [0, 0.05) is 6.42 Å². The number of hydrogen-bond acceptors (Lipinski definition) is 3. The van der Waals surface area contributed by atoms with Gasteiger partial charge in [0.05, 0.1) is 18.9 Å². The van der Waals surface area contributed by atoms with Crippen molar-refractivity contribution in [1.29, 1.82) is 0 Å². The number of para-hydroxylation sites is 1. The molecule has 1 aromatic rings. The Labute approximate surface area is 83.8 Å². The molecule has 0 aromatic heterocycles. The predicted molar refractivity (Wildman–Crippen MR) is 55.4 cm³/mol. The van der Waals surface area contributed by atoms with Crippen LogP contribution >= 0.6 is 0 Å². The van der Waals surface area contributed by atoms with Crippen molar-refractivity contribution >= 4 is 5.69 Å². The van der Waals surface area contributed by atoms with Gasteiger partial charge in [0.15, 0.2) is 0 Å². The summed E-state index contributed by atoms with van der Waals surface area (Å²) in [6, 6.07) is 5.84. The first-order chi connectivity index (χ1) is 6.77. The largest absolute Gasteiger partial charge is 0.486 e. The van der Waals surface area contributed by atoms with Crippen LogP contribution in [0, 0.1) is 6.92 Å². The number of nitrogen functional groups attached to an aromatic ring is 1. The van der Waals surface area contributed by atoms with E-state index in [4.69, 9.17) is 15.2 Å². The fraction of sp³-hybridized carbons (Fsp3) is 0.455. The summed E-state index contributed by atoms with van der Waals surface area (Å²) >= 11 is 0. The number of hydrogen-bond donors (Lipinski definition) is 1. The van der Waals surface area contributed by atoms with Crippen molar-refractivity contribution in [3.8, 4) is 5.75 Å². The zero-order valence-electron chi connectivity index (χ0n) is 8.32. The zero-order valence-corrected chi connectivity index (χ0v) is 8.32. The van der Waals surface area contributed by atoms with Crippen LogP contribution in [-0.4, -0.2) is 19.3 Å². The lowest BCUT2D eigenvalue weighted by Gasteiger charge is -2.14. The summed E-state index contributed by atoms with van der Waals surface area (Å²) in [7, 11) is 0. The SMILES string of the molecule is Cc1cccc(O[C@@H]2CCOC2)c1N. The topological polar surface area (TPSA) is 44.5 Å². The number of anilines is 1. The lowest BCUT2D eigenvalue weighted by molar-refractivity contribution is 0.142. The van der Waals surface area contributed by atoms with Gasteiger partial charge in [0.2, 0.25) is 0 Å². The minimum atomic E-state index is 0.166. The maximum Gasteiger partial charge on any atom is 0.143 e. The molecule has 3 heteroatoms. The van der Waals surface area contributed by atoms with E-state index in [0.29, 0.717) is 6.61 Å². The van der Waals surface area contributed by atoms with Crippen LogP contribution in [0.2, 0.25) is 0 Å². The molecule has 1 heterocycles. The van der Waals surface area contributed by atoms with Crippen molar-refractivity contribution in [3.63, 3.8) is 0 Å². The lowest BCUT2D eigenvalue weighted by Crippen LogP contribution is -2.16. The first-order valence-corrected chi connectivity index (χ1v) is 4.87. The van der Waals surface area contributed by atoms with E-state index in [1.165, 1.54) is 0 Å². The maximum absolute atomic E-state index is 5.89. The highest BCUT2D eigenvalue weighted by molar-refractivity contribution is 5.57. The van der Waals surface area contributed by atoms with Gasteiger partial charge < -0.3 is 15.2 Å². The molecule has 1 aromatic carbocycles. The van der Waals surface area contributed by atoms with Crippen molar-refractivity contribution in [3.05, 3.63) is 23.8 Å². The Kier molecular flexibility index (Phi) is 2.59. The van der Waals surface area contributed by atoms with Gasteiger partial charge in [-0.15, -0.1) is 0 Å². The molecule has 1 fully saturated rings. The summed E-state index contributed by atoms with van der Waals surface area (Å²) in [6.45, 7) is 3.44. The third-order valence-corrected chi connectivity index (χ3v) is 2.47. The molecule has 1 aliphatic rings. The van der Waals surface area contributed by atoms with E-state index in [9.17, 15) is 0 Å². The van der Waals surface area contributed by atoms with Gasteiger partial charge in [-0.3, -0.25) is 0 Å². The van der Waals surface area contributed by atoms with Crippen molar-refractivity contribution < 1.29 is 9.47 Å². The number of benzene rings is 1. The quantitative estimate of drug-likeness (QED) is 0.728. The van der Waals surface area contributed by atoms with Crippen LogP contribution in [0.15, 0.2) is 18.2 Å². The van der Waals surface area contributed by atoms with E-state index >= 15 is 0 Å². The first kappa shape index (κ1) is 9.34. The van der Waals surface area contributed by atoms with Gasteiger partial charge in [-0.25, -0.2) is 0 Å². The first-order valence-electron chi connectivity index (χ1n) is 4.87. The molecule has 1 aliphatic heterocycles. The Balaban J connectivity index is 2.11. The van der Waals surface area contributed by atoms with Gasteiger partial charge in [0.1, 0.15) is 11.9 Å². The third-order valence-electron chi connectivity index (χ3n) is 2.47. The van der Waals surface area contributed by atoms with Crippen molar-refractivity contribution in [2.45, 2.75) is 19.4 Å². The van der Waals surface area contributed by atoms with Gasteiger partial charge in [-0.05, 0) is 18.6 Å². The number of aryl methyl sites for hydroxylation is 1. The normalized spacial score (nSPS) is 21.1. The van der Waals surface area contributed by atoms with Crippen molar-refractivity contribution in [1.82, 2.24) is 0 Å². The summed E-state index contributed by atoms with van der Waals surface area (Å²) in [5, 5.41) is 0. The van der Waals surface area contributed by atoms with Crippen LogP contribution in [0.25, 0.3) is 0 Å². The number of ether oxygens (including phenoxy) is 2. The lowest BCUT2D eigenvalue weighted by atomic mass is 10.2. The third kappa shape index (κ3) is 1.82. The minimum absolute atomic E-state index is 0.166. The van der Waals surface area contributed by atoms with Crippen molar-refractivity contribution in [2.24, 2.45) is 0 Å². The van der Waals surface area contributed by atoms with Gasteiger partial charge >= 0.3 is 0 Å². The number of rotatable bonds is 2. The predicted octanol–water partition coefficient (Wildman–Crippen LogP) is 1.74. The average Bonchev–Trinajstić information content (AvgIpc) is 2.66. The molecule has 1 atom stereocenters. The molecule has 2 rings (SSSR count). The smallest absolute Gasteiger partial charge is 0.143 e. The fourth-order valence-electron chi connectivity index (χ4n) is 1.54. The molecule has 0 spiro atoms. The molecular formula is C11H15NO2. The molecule has 0 amide bonds. The van der Waals surface area contributed by atoms with E-state index < -0.39 is 0 Å². The van der Waals surface area contributed by atoms with Crippen LogP contribution in [0.4, 0.5) is 5.69 Å². The van der Waals surface area contributed by atoms with Gasteiger partial charge in [-0.2, -0.15) is 0 Å². The number of nitrogens with two attached hydrogens (primary N) is 1. The Bertz CT molecular complexity index is 319. The standard InChI is InChI=1S/C11H15NO2/c1-8-3-2-4-10(11(8)12)14-9-5-6-13-7-9/h2-4,9H,5-7,12H2,1H3/t9-/m1/s1. The van der Waals surface area contributed by atoms with E-state index in [1.807, 2.05) is 25.1 Å². The zero-order chi connectivity index (χ0) is 9.97. The van der Waals surface area contributed by atoms with Crippen LogP contribution in [0.5, 0.6) is 5.75 Å². The van der Waals surface area contributed by atoms with Crippen LogP contribution in [0.1, 0.15) is 12.0 Å². The van der Waals surface area contributed by atoms with E-state index in [1.54, 1.807) is 0 Å². The monoisotopic (exact) mass is 193 g/mol. The molecule has 0 unspecified atom stereocenters. The highest BCUT2D eigenvalue weighted by Crippen LogP contribution is 2.26. The highest BCUT2D eigenvalue weighted by Gasteiger charge is 2.18.